The van der Waals surface area contributed by atoms with Gasteiger partial charge in [-0.2, -0.15) is 25.3 Å². The molecule has 3 aromatic carbocycles. The number of hydrogen-bond acceptors (Lipinski definition) is 18. The van der Waals surface area contributed by atoms with Gasteiger partial charge in [-0.15, -0.1) is 0 Å². The maximum Gasteiger partial charge on any atom is 0.305 e. The fraction of sp³-hybridized carbons (Fsp3) is 0.515. The summed E-state index contributed by atoms with van der Waals surface area (Å²) < 4.78 is 0. The maximum atomic E-state index is 15.2. The van der Waals surface area contributed by atoms with Gasteiger partial charge in [-0.3, -0.25) is 72.1 Å². The van der Waals surface area contributed by atoms with Gasteiger partial charge in [-0.1, -0.05) is 60.7 Å². The van der Waals surface area contributed by atoms with E-state index >= 15 is 14.4 Å². The van der Waals surface area contributed by atoms with Gasteiger partial charge in [0.25, 0.3) is 0 Å². The molecule has 1 aromatic heterocycles. The van der Waals surface area contributed by atoms with Gasteiger partial charge in [0.05, 0.1) is 6.42 Å². The number of carbonyl (C=O) groups excluding carboxylic acids is 12. The lowest BCUT2D eigenvalue weighted by atomic mass is 9.99. The number of nitrogens with zero attached hydrogens (tertiary/aromatic N) is 4. The number of nitrogens with one attached hydrogen (secondary N) is 9. The molecule has 4 heterocycles. The molecule has 11 atom stereocenters. The third kappa shape index (κ3) is 22.7. The summed E-state index contributed by atoms with van der Waals surface area (Å²) in [4.78, 5) is 203. The summed E-state index contributed by atoms with van der Waals surface area (Å²) in [6.07, 6.45) is 1.74. The molecular weight excluding hydrogens is 1370 g/mol. The van der Waals surface area contributed by atoms with Crippen molar-refractivity contribution in [3.63, 3.8) is 0 Å². The number of aliphatic imine (C=N–C) groups is 1. The second kappa shape index (κ2) is 38.8. The zero-order valence-corrected chi connectivity index (χ0v) is 58.9. The number of carboxylic acids is 2. The minimum atomic E-state index is -1.59. The zero-order chi connectivity index (χ0) is 75.0. The number of aromatic amines is 1. The molecule has 0 unspecified atom stereocenters. The molecule has 4 aromatic rings. The second-order valence-electron chi connectivity index (χ2n) is 25.7. The van der Waals surface area contributed by atoms with E-state index in [0.29, 0.717) is 47.7 Å². The highest BCUT2D eigenvalue weighted by molar-refractivity contribution is 7.80. The van der Waals surface area contributed by atoms with E-state index in [1.165, 1.54) is 21.6 Å². The first-order valence-electron chi connectivity index (χ1n) is 34.3. The topological polar surface area (TPSA) is 518 Å². The van der Waals surface area contributed by atoms with Crippen molar-refractivity contribution in [1.82, 2.24) is 62.2 Å². The maximum absolute atomic E-state index is 15.2. The highest BCUT2D eigenvalue weighted by Gasteiger charge is 2.46. The average molecular weight is 1470 g/mol. The van der Waals surface area contributed by atoms with Crippen molar-refractivity contribution < 1.29 is 77.3 Å². The lowest BCUT2D eigenvalue weighted by Crippen LogP contribution is -2.61. The third-order valence-electron chi connectivity index (χ3n) is 18.2. The van der Waals surface area contributed by atoms with Crippen molar-refractivity contribution in [2.24, 2.45) is 27.9 Å². The van der Waals surface area contributed by atoms with Crippen LogP contribution in [0.25, 0.3) is 21.7 Å². The molecule has 0 saturated carbocycles. The minimum Gasteiger partial charge on any atom is -0.481 e. The number of aliphatic carboxylic acids is 2. The predicted molar refractivity (Wildman–Crippen MR) is 384 cm³/mol. The summed E-state index contributed by atoms with van der Waals surface area (Å²) >= 11 is 8.64. The number of primary amides is 1. The number of amides is 12. The highest BCUT2D eigenvalue weighted by Crippen LogP contribution is 2.28. The van der Waals surface area contributed by atoms with E-state index in [2.05, 4.69) is 77.8 Å². The first-order chi connectivity index (χ1) is 49.2. The van der Waals surface area contributed by atoms with Gasteiger partial charge in [-0.25, -0.2) is 0 Å². The number of H-pyrrole nitrogens is 1. The Kier molecular flexibility index (Phi) is 30.3. The van der Waals surface area contributed by atoms with Crippen molar-refractivity contribution in [1.29, 1.82) is 0 Å². The largest absolute Gasteiger partial charge is 0.481 e. The van der Waals surface area contributed by atoms with Crippen LogP contribution < -0.4 is 65.5 Å². The van der Waals surface area contributed by atoms with Gasteiger partial charge in [0.1, 0.15) is 66.5 Å². The first kappa shape index (κ1) is 80.3. The minimum absolute atomic E-state index is 0.00102. The monoisotopic (exact) mass is 1470 g/mol. The number of rotatable bonds is 38. The van der Waals surface area contributed by atoms with Gasteiger partial charge < -0.3 is 95.4 Å². The Hall–Kier alpha value is -10.0. The van der Waals surface area contributed by atoms with Crippen LogP contribution in [0, 0.1) is 0 Å². The van der Waals surface area contributed by atoms with Crippen LogP contribution in [0.4, 0.5) is 0 Å². The van der Waals surface area contributed by atoms with Gasteiger partial charge in [-0.05, 0) is 112 Å². The van der Waals surface area contributed by atoms with Crippen molar-refractivity contribution in [2.45, 2.75) is 176 Å². The van der Waals surface area contributed by atoms with Gasteiger partial charge in [0.2, 0.25) is 70.9 Å². The van der Waals surface area contributed by atoms with Gasteiger partial charge in [0.15, 0.2) is 5.96 Å². The smallest absolute Gasteiger partial charge is 0.305 e. The number of thiol groups is 2. The number of nitrogens with two attached hydrogens (primary N) is 4. The van der Waals surface area contributed by atoms with Crippen molar-refractivity contribution >= 4 is 136 Å². The fourth-order valence-electron chi connectivity index (χ4n) is 13.0. The zero-order valence-electron chi connectivity index (χ0n) is 57.1. The molecule has 558 valence electrons. The molecular formula is C68H93N17O16S2. The average Bonchev–Trinajstić information content (AvgIpc) is 1.64. The number of fused-ring (bicyclic) bond motifs is 2. The molecule has 7 rings (SSSR count). The molecule has 3 saturated heterocycles. The number of aromatic nitrogens is 1. The molecule has 35 heteroatoms. The fourth-order valence-corrected chi connectivity index (χ4v) is 13.5. The Bertz CT molecular complexity index is 3800. The summed E-state index contributed by atoms with van der Waals surface area (Å²) in [7, 11) is 0. The summed E-state index contributed by atoms with van der Waals surface area (Å²) in [5.74, 6) is -13.0. The van der Waals surface area contributed by atoms with Crippen LogP contribution in [0.1, 0.15) is 108 Å². The van der Waals surface area contributed by atoms with E-state index < -0.39 is 162 Å². The van der Waals surface area contributed by atoms with E-state index in [0.717, 1.165) is 10.8 Å². The number of unbranched alkanes of at least 4 members (excludes halogenated alkanes) is 1. The van der Waals surface area contributed by atoms with Crippen LogP contribution in [-0.4, -0.2) is 229 Å². The van der Waals surface area contributed by atoms with Gasteiger partial charge in [0, 0.05) is 81.0 Å². The third-order valence-corrected chi connectivity index (χ3v) is 19.0. The molecule has 0 aliphatic carbocycles. The van der Waals surface area contributed by atoms with Crippen LogP contribution in [0.15, 0.2) is 77.9 Å². The number of para-hydroxylation sites is 1. The first-order valence-corrected chi connectivity index (χ1v) is 35.5. The molecule has 33 nitrogen and oxygen atoms in total. The molecule has 3 aliphatic rings. The molecule has 103 heavy (non-hydrogen) atoms. The van der Waals surface area contributed by atoms with Crippen molar-refractivity contribution in [2.75, 3.05) is 44.2 Å². The van der Waals surface area contributed by atoms with Gasteiger partial charge >= 0.3 is 11.9 Å². The summed E-state index contributed by atoms with van der Waals surface area (Å²) in [5.41, 5.74) is 24.2. The summed E-state index contributed by atoms with van der Waals surface area (Å²) in [6.45, 7) is 1.58. The summed E-state index contributed by atoms with van der Waals surface area (Å²) in [6, 6.07) is 5.08. The van der Waals surface area contributed by atoms with Crippen molar-refractivity contribution in [3.8, 4) is 0 Å². The Morgan fingerprint density at radius 3 is 1.68 bits per heavy atom. The number of hydrogen-bond donors (Lipinski definition) is 17. The van der Waals surface area contributed by atoms with Crippen LogP contribution in [-0.2, 0) is 80.0 Å². The number of carboxylic acid groups (broad SMARTS) is 2. The molecule has 0 spiro atoms. The predicted octanol–water partition coefficient (Wildman–Crippen LogP) is -2.16. The summed E-state index contributed by atoms with van der Waals surface area (Å²) in [5, 5.41) is 42.4. The number of benzene rings is 3. The lowest BCUT2D eigenvalue weighted by Gasteiger charge is -2.33. The highest BCUT2D eigenvalue weighted by atomic mass is 32.1. The number of guanidine groups is 1. The number of likely N-dealkylation sites (tertiary alicyclic amines) is 3. The number of carbonyl (C=O) groups is 14. The molecule has 3 aliphatic heterocycles. The Balaban J connectivity index is 1.13. The van der Waals surface area contributed by atoms with Crippen LogP contribution >= 0.6 is 25.3 Å². The van der Waals surface area contributed by atoms with E-state index in [1.54, 1.807) is 36.5 Å². The molecule has 19 N–H and O–H groups in total. The van der Waals surface area contributed by atoms with E-state index in [-0.39, 0.29) is 114 Å². The van der Waals surface area contributed by atoms with Crippen molar-refractivity contribution in [3.05, 3.63) is 84.1 Å². The molecule has 0 radical (unpaired) electrons. The van der Waals surface area contributed by atoms with Crippen LogP contribution in [0.2, 0.25) is 0 Å². The van der Waals surface area contributed by atoms with Crippen LogP contribution in [0.3, 0.4) is 0 Å². The SMILES string of the molecule is CC(=O)N[C@@H](CS)C(=O)N[C@@H](CCC(=O)O)C(=O)N1CCC[C@H]1C(=O)N[C@H](Cc1ccc2ccccc2c1)C(=O)N[C@@H](CCCN=C(N)N)C(=O)N[C@@H](Cc1c[nH]c2ccccc12)C(=O)N[C@@H](CS)C(=O)N1CCC[C@H]1C(=O)N1CCC[C@H]1C(=O)N[C@@H](CCCCN)C(=O)N[C@@H](CC(=O)O)C(N)=O. The van der Waals surface area contributed by atoms with E-state index in [9.17, 15) is 63.0 Å². The van der Waals surface area contributed by atoms with E-state index in [4.69, 9.17) is 22.9 Å². The normalized spacial score (nSPS) is 18.0. The van der Waals surface area contributed by atoms with Crippen LogP contribution in [0.5, 0.6) is 0 Å². The quantitative estimate of drug-likeness (QED) is 0.00984. The Labute approximate surface area is 604 Å². The molecule has 0 bridgehead atoms. The molecule has 3 fully saturated rings. The molecule has 12 amide bonds. The lowest BCUT2D eigenvalue weighted by molar-refractivity contribution is -0.148. The Morgan fingerprint density at radius 2 is 1.06 bits per heavy atom. The van der Waals surface area contributed by atoms with E-state index in [1.807, 2.05) is 36.4 Å². The Morgan fingerprint density at radius 1 is 0.544 bits per heavy atom. The standard InChI is InChI=1S/C68H93N17O16S2/c1-37(86)75-50(35-102)62(96)78-46(23-24-55(87)88)65(99)83-27-9-18-52(83)64(98)81-48(31-38-21-22-39-12-2-3-13-40(39)30-38)60(94)76-45(17-8-26-73-68(71)72)59(93)80-49(32-41-34-74-43-15-5-4-14-42(41)43)61(95)82-51(36-103)66(100)85-29-11-20-54(85)67(101)84-28-10-19-53(84)63(97)77-44(16-6-7-25-69)58(92)79-47(57(70)91)33-56(89)90/h2-5,12-15,21-22,30,34,44-54,74,102-103H,6-11,16-20,23-29,31-33,35-36,69H2,1H3,(H2,70,91)(H,75,86)(H,76,94)(H,77,97)(H,78,96)(H,79,92)(H,80,93)(H,81,98)(H,82,95)(H,87,88)(H,89,90)(H4,71,72,73)/t44-,45-,46-,47-,48+,49-,50-,51-,52-,53-,54-/m0/s1. The second-order valence-corrected chi connectivity index (χ2v) is 26.5.